The molecule has 2 atom stereocenters. The van der Waals surface area contributed by atoms with Crippen molar-refractivity contribution in [3.63, 3.8) is 0 Å². The molecule has 0 bridgehead atoms. The van der Waals surface area contributed by atoms with Crippen LogP contribution in [0.5, 0.6) is 0 Å². The van der Waals surface area contributed by atoms with Gasteiger partial charge in [0.2, 0.25) is 5.91 Å². The van der Waals surface area contributed by atoms with Gasteiger partial charge in [0.05, 0.1) is 11.6 Å². The maximum Gasteiger partial charge on any atom is 0.270 e. The largest absolute Gasteiger partial charge is 0.368 e. The molecule has 3 aliphatic heterocycles. The van der Waals surface area contributed by atoms with E-state index in [0.717, 1.165) is 39.5 Å². The average molecular weight is 487 g/mol. The molecule has 0 aliphatic carbocycles. The SMILES string of the molecule is CC.CC(F)(F)c1cc(C2=C3C(NC=C2)NC(=O)CC3C(C)(F)F)nc(N2CCCCCC2)c1.[HH].[HH]. The van der Waals surface area contributed by atoms with E-state index in [4.69, 9.17) is 0 Å². The molecule has 0 spiro atoms. The number of aromatic nitrogens is 1. The Labute approximate surface area is 201 Å². The molecule has 1 aromatic heterocycles. The number of anilines is 1. The van der Waals surface area contributed by atoms with E-state index in [-0.39, 0.29) is 26.1 Å². The van der Waals surface area contributed by atoms with Gasteiger partial charge in [-0.15, -0.1) is 0 Å². The van der Waals surface area contributed by atoms with Crippen LogP contribution in [-0.2, 0) is 10.7 Å². The average Bonchev–Trinajstić information content (AvgIpc) is 3.07. The number of halogens is 4. The number of alkyl halides is 4. The van der Waals surface area contributed by atoms with Gasteiger partial charge in [-0.3, -0.25) is 4.79 Å². The lowest BCUT2D eigenvalue weighted by molar-refractivity contribution is -0.128. The van der Waals surface area contributed by atoms with Gasteiger partial charge in [-0.25, -0.2) is 22.5 Å². The number of dihydropyridines is 1. The highest BCUT2D eigenvalue weighted by atomic mass is 19.3. The Balaban J connectivity index is 0.00000158. The zero-order valence-electron chi connectivity index (χ0n) is 20.2. The van der Waals surface area contributed by atoms with E-state index < -0.39 is 29.8 Å². The number of nitrogens with zero attached hydrogens (tertiary/aromatic N) is 2. The van der Waals surface area contributed by atoms with Gasteiger partial charge >= 0.3 is 0 Å². The van der Waals surface area contributed by atoms with Crippen LogP contribution in [0.1, 0.15) is 73.9 Å². The molecule has 192 valence electrons. The molecule has 4 rings (SSSR count). The van der Waals surface area contributed by atoms with Crippen molar-refractivity contribution in [1.29, 1.82) is 0 Å². The topological polar surface area (TPSA) is 57.3 Å². The van der Waals surface area contributed by atoms with E-state index >= 15 is 0 Å². The Morgan fingerprint density at radius 3 is 2.29 bits per heavy atom. The normalized spacial score (nSPS) is 23.3. The molecular formula is C25H38F4N4O. The van der Waals surface area contributed by atoms with Gasteiger partial charge in [0.15, 0.2) is 0 Å². The van der Waals surface area contributed by atoms with Gasteiger partial charge in [-0.1, -0.05) is 26.7 Å². The molecule has 1 aromatic rings. The first-order chi connectivity index (χ1) is 16.0. The lowest BCUT2D eigenvalue weighted by Crippen LogP contribution is -2.55. The van der Waals surface area contributed by atoms with Crippen LogP contribution < -0.4 is 15.5 Å². The fourth-order valence-electron chi connectivity index (χ4n) is 4.65. The summed E-state index contributed by atoms with van der Waals surface area (Å²) in [6.45, 7) is 7.02. The molecule has 9 heteroatoms. The van der Waals surface area contributed by atoms with Crippen LogP contribution in [-0.4, -0.2) is 36.1 Å². The highest BCUT2D eigenvalue weighted by molar-refractivity contribution is 5.85. The molecule has 1 amide bonds. The fraction of sp³-hybridized carbons (Fsp3) is 0.600. The van der Waals surface area contributed by atoms with E-state index in [1.54, 1.807) is 6.08 Å². The molecular weight excluding hydrogens is 448 g/mol. The highest BCUT2D eigenvalue weighted by Crippen LogP contribution is 2.42. The molecule has 0 aromatic carbocycles. The Hall–Kier alpha value is -2.58. The van der Waals surface area contributed by atoms with Crippen LogP contribution >= 0.6 is 0 Å². The first-order valence-electron chi connectivity index (χ1n) is 12.0. The molecule has 0 saturated carbocycles. The third-order valence-corrected chi connectivity index (χ3v) is 6.34. The lowest BCUT2D eigenvalue weighted by Gasteiger charge is -2.39. The van der Waals surface area contributed by atoms with Crippen molar-refractivity contribution in [2.75, 3.05) is 18.0 Å². The third kappa shape index (κ3) is 5.73. The van der Waals surface area contributed by atoms with Crippen molar-refractivity contribution >= 4 is 17.3 Å². The second-order valence-electron chi connectivity index (χ2n) is 8.97. The van der Waals surface area contributed by atoms with E-state index in [1.165, 1.54) is 18.3 Å². The van der Waals surface area contributed by atoms with Crippen LogP contribution in [0.2, 0.25) is 0 Å². The monoisotopic (exact) mass is 486 g/mol. The smallest absolute Gasteiger partial charge is 0.270 e. The van der Waals surface area contributed by atoms with Crippen LogP contribution in [0.4, 0.5) is 23.4 Å². The van der Waals surface area contributed by atoms with Crippen LogP contribution in [0.15, 0.2) is 30.0 Å². The van der Waals surface area contributed by atoms with Gasteiger partial charge in [-0.05, 0) is 49.7 Å². The number of hydrogen-bond acceptors (Lipinski definition) is 4. The summed E-state index contributed by atoms with van der Waals surface area (Å²) in [5, 5.41) is 5.57. The van der Waals surface area contributed by atoms with Gasteiger partial charge in [-0.2, -0.15) is 0 Å². The molecule has 2 fully saturated rings. The predicted octanol–water partition coefficient (Wildman–Crippen LogP) is 6.08. The molecule has 2 unspecified atom stereocenters. The second kappa shape index (κ2) is 10.4. The molecule has 2 saturated heterocycles. The number of piperidine rings is 1. The first-order valence-corrected chi connectivity index (χ1v) is 12.0. The number of amides is 1. The summed E-state index contributed by atoms with van der Waals surface area (Å²) in [5.74, 6) is -7.70. The maximum absolute atomic E-state index is 14.5. The summed E-state index contributed by atoms with van der Waals surface area (Å²) in [6, 6.07) is 2.68. The molecule has 2 N–H and O–H groups in total. The quantitative estimate of drug-likeness (QED) is 0.507. The Morgan fingerprint density at radius 1 is 1.06 bits per heavy atom. The number of pyridine rings is 1. The number of hydrogen-bond donors (Lipinski definition) is 2. The number of nitrogens with one attached hydrogen (secondary N) is 2. The maximum atomic E-state index is 14.5. The standard InChI is InChI=1S/C23H28F4N4O.C2H6.2H2/c1-22(24,25)14-11-17(29-18(12-14)31-9-5-3-4-6-10-31)15-7-8-28-21-20(15)16(23(2,26)27)13-19(32)30-21;1-2;;/h7-8,11-12,16,21,28H,3-6,9-10,13H2,1-2H3,(H,30,32);1-2H3;2*1H. The molecule has 34 heavy (non-hydrogen) atoms. The minimum absolute atomic E-state index is 0. The third-order valence-electron chi connectivity index (χ3n) is 6.34. The van der Waals surface area contributed by atoms with Crippen molar-refractivity contribution in [2.45, 2.75) is 77.8 Å². The summed E-state index contributed by atoms with van der Waals surface area (Å²) < 4.78 is 57.8. The summed E-state index contributed by atoms with van der Waals surface area (Å²) >= 11 is 0. The van der Waals surface area contributed by atoms with Gasteiger partial charge in [0.1, 0.15) is 12.0 Å². The zero-order valence-corrected chi connectivity index (χ0v) is 20.2. The van der Waals surface area contributed by atoms with E-state index in [2.05, 4.69) is 15.6 Å². The highest BCUT2D eigenvalue weighted by Gasteiger charge is 2.46. The van der Waals surface area contributed by atoms with Crippen molar-refractivity contribution in [3.05, 3.63) is 41.2 Å². The molecule has 0 radical (unpaired) electrons. The summed E-state index contributed by atoms with van der Waals surface area (Å²) in [7, 11) is 0. The summed E-state index contributed by atoms with van der Waals surface area (Å²) in [6.07, 6.45) is 5.94. The predicted molar refractivity (Wildman–Crippen MR) is 130 cm³/mol. The molecule has 5 nitrogen and oxygen atoms in total. The number of allylic oxidation sites excluding steroid dienone is 2. The Morgan fingerprint density at radius 2 is 1.71 bits per heavy atom. The van der Waals surface area contributed by atoms with Crippen molar-refractivity contribution in [3.8, 4) is 0 Å². The summed E-state index contributed by atoms with van der Waals surface area (Å²) in [5.41, 5.74) is 0.623. The molecule has 4 heterocycles. The first kappa shape index (κ1) is 26.0. The van der Waals surface area contributed by atoms with Gasteiger partial charge < -0.3 is 15.5 Å². The number of fused-ring (bicyclic) bond motifs is 1. The number of rotatable bonds is 4. The number of carbonyl (C=O) groups excluding carboxylic acids is 1. The fourth-order valence-corrected chi connectivity index (χ4v) is 4.65. The van der Waals surface area contributed by atoms with Gasteiger partial charge in [0.25, 0.3) is 11.8 Å². The Bertz CT molecular complexity index is 952. The Kier molecular flexibility index (Phi) is 7.93. The lowest BCUT2D eigenvalue weighted by atomic mass is 9.80. The van der Waals surface area contributed by atoms with Crippen LogP contribution in [0, 0.1) is 5.92 Å². The minimum Gasteiger partial charge on any atom is -0.368 e. The second-order valence-corrected chi connectivity index (χ2v) is 8.97. The minimum atomic E-state index is -3.16. The molecule has 3 aliphatic rings. The van der Waals surface area contributed by atoms with Crippen molar-refractivity contribution < 1.29 is 25.2 Å². The van der Waals surface area contributed by atoms with E-state index in [1.807, 2.05) is 18.7 Å². The van der Waals surface area contributed by atoms with Crippen molar-refractivity contribution in [1.82, 2.24) is 15.6 Å². The van der Waals surface area contributed by atoms with Crippen molar-refractivity contribution in [2.24, 2.45) is 5.92 Å². The van der Waals surface area contributed by atoms with Crippen LogP contribution in [0.25, 0.3) is 5.57 Å². The van der Waals surface area contributed by atoms with Gasteiger partial charge in [0, 0.05) is 40.4 Å². The zero-order chi connectivity index (χ0) is 25.1. The summed E-state index contributed by atoms with van der Waals surface area (Å²) in [4.78, 5) is 18.7. The van der Waals surface area contributed by atoms with E-state index in [9.17, 15) is 22.4 Å². The van der Waals surface area contributed by atoms with E-state index in [0.29, 0.717) is 24.5 Å². The van der Waals surface area contributed by atoms with Crippen LogP contribution in [0.3, 0.4) is 0 Å². The number of carbonyl (C=O) groups is 1.